The molecule has 8 heteroatoms. The molecule has 1 saturated heterocycles. The van der Waals surface area contributed by atoms with Crippen molar-refractivity contribution in [1.82, 2.24) is 19.5 Å². The van der Waals surface area contributed by atoms with Crippen LogP contribution in [0.1, 0.15) is 26.5 Å². The SMILES string of the molecule is CC[C@]1(CO)O[C@@H](n2cnc3c(N)ncnc32)[C@@H](O)C1C. The average Bonchev–Trinajstić information content (AvgIpc) is 3.02. The Morgan fingerprint density at radius 2 is 2.19 bits per heavy atom. The van der Waals surface area contributed by atoms with Crippen LogP contribution in [0.15, 0.2) is 12.7 Å². The van der Waals surface area contributed by atoms with E-state index in [2.05, 4.69) is 15.0 Å². The molecule has 0 aromatic carbocycles. The molecule has 1 aliphatic heterocycles. The Labute approximate surface area is 121 Å². The van der Waals surface area contributed by atoms with Gasteiger partial charge in [-0.15, -0.1) is 0 Å². The Hall–Kier alpha value is -1.77. The highest BCUT2D eigenvalue weighted by Gasteiger charge is 2.51. The van der Waals surface area contributed by atoms with E-state index in [1.807, 2.05) is 13.8 Å². The minimum absolute atomic E-state index is 0.151. The maximum absolute atomic E-state index is 10.5. The summed E-state index contributed by atoms with van der Waals surface area (Å²) in [5, 5.41) is 20.2. The lowest BCUT2D eigenvalue weighted by Gasteiger charge is -2.29. The Bertz CT molecular complexity index is 654. The summed E-state index contributed by atoms with van der Waals surface area (Å²) in [5.74, 6) is 0.0670. The molecule has 2 aromatic rings. The van der Waals surface area contributed by atoms with E-state index in [1.165, 1.54) is 12.7 Å². The molecule has 2 aromatic heterocycles. The van der Waals surface area contributed by atoms with Crippen LogP contribution in [0, 0.1) is 5.92 Å². The van der Waals surface area contributed by atoms with Crippen LogP contribution in [0.3, 0.4) is 0 Å². The van der Waals surface area contributed by atoms with Crippen molar-refractivity contribution in [3.8, 4) is 0 Å². The van der Waals surface area contributed by atoms with Crippen LogP contribution < -0.4 is 5.73 Å². The fraction of sp³-hybridized carbons (Fsp3) is 0.615. The molecule has 0 bridgehead atoms. The second-order valence-electron chi connectivity index (χ2n) is 5.45. The van der Waals surface area contributed by atoms with Gasteiger partial charge in [0.15, 0.2) is 17.7 Å². The van der Waals surface area contributed by atoms with Crippen molar-refractivity contribution >= 4 is 17.0 Å². The summed E-state index contributed by atoms with van der Waals surface area (Å²) >= 11 is 0. The number of ether oxygens (including phenoxy) is 1. The minimum atomic E-state index is -0.773. The smallest absolute Gasteiger partial charge is 0.167 e. The number of hydrogen-bond donors (Lipinski definition) is 3. The summed E-state index contributed by atoms with van der Waals surface area (Å²) in [4.78, 5) is 12.2. The first-order valence-corrected chi connectivity index (χ1v) is 6.94. The molecule has 3 rings (SSSR count). The van der Waals surface area contributed by atoms with E-state index in [1.54, 1.807) is 4.57 Å². The largest absolute Gasteiger partial charge is 0.393 e. The third-order valence-corrected chi connectivity index (χ3v) is 4.52. The van der Waals surface area contributed by atoms with Gasteiger partial charge in [-0.2, -0.15) is 0 Å². The monoisotopic (exact) mass is 293 g/mol. The van der Waals surface area contributed by atoms with E-state index in [9.17, 15) is 10.2 Å². The molecule has 8 nitrogen and oxygen atoms in total. The fourth-order valence-corrected chi connectivity index (χ4v) is 2.95. The molecule has 0 aliphatic carbocycles. The molecule has 0 spiro atoms. The zero-order chi connectivity index (χ0) is 15.2. The van der Waals surface area contributed by atoms with Crippen molar-refractivity contribution in [1.29, 1.82) is 0 Å². The van der Waals surface area contributed by atoms with Gasteiger partial charge in [-0.05, 0) is 6.42 Å². The molecule has 0 radical (unpaired) electrons. The summed E-state index contributed by atoms with van der Waals surface area (Å²) in [7, 11) is 0. The summed E-state index contributed by atoms with van der Waals surface area (Å²) in [5.41, 5.74) is 5.98. The third kappa shape index (κ3) is 1.90. The molecule has 1 fully saturated rings. The first-order chi connectivity index (χ1) is 10.0. The number of nitrogens with zero attached hydrogens (tertiary/aromatic N) is 4. The number of nitrogen functional groups attached to an aromatic ring is 1. The van der Waals surface area contributed by atoms with E-state index in [0.29, 0.717) is 17.6 Å². The zero-order valence-corrected chi connectivity index (χ0v) is 12.0. The van der Waals surface area contributed by atoms with Gasteiger partial charge >= 0.3 is 0 Å². The number of imidazole rings is 1. The van der Waals surface area contributed by atoms with Crippen LogP contribution in [-0.2, 0) is 4.74 Å². The van der Waals surface area contributed by atoms with Gasteiger partial charge in [-0.3, -0.25) is 4.57 Å². The lowest BCUT2D eigenvalue weighted by atomic mass is 9.85. The van der Waals surface area contributed by atoms with Crippen molar-refractivity contribution in [2.45, 2.75) is 38.2 Å². The molecule has 114 valence electrons. The van der Waals surface area contributed by atoms with Crippen LogP contribution in [0.4, 0.5) is 5.82 Å². The van der Waals surface area contributed by atoms with Crippen LogP contribution in [0.2, 0.25) is 0 Å². The zero-order valence-electron chi connectivity index (χ0n) is 12.0. The van der Waals surface area contributed by atoms with Crippen LogP contribution in [-0.4, -0.2) is 48.0 Å². The topological polar surface area (TPSA) is 119 Å². The van der Waals surface area contributed by atoms with Gasteiger partial charge in [0.2, 0.25) is 0 Å². The standard InChI is InChI=1S/C13H19N5O3/c1-3-13(4-19)7(2)9(20)12(21-13)18-6-17-8-10(14)15-5-16-11(8)18/h5-7,9,12,19-20H,3-4H2,1-2H3,(H2,14,15,16)/t7?,9-,12+,13+/m0/s1. The Morgan fingerprint density at radius 1 is 1.43 bits per heavy atom. The molecule has 1 aliphatic rings. The number of fused-ring (bicyclic) bond motifs is 1. The number of aliphatic hydroxyl groups is 2. The summed E-state index contributed by atoms with van der Waals surface area (Å²) < 4.78 is 7.63. The maximum atomic E-state index is 10.5. The highest BCUT2D eigenvalue weighted by molar-refractivity contribution is 5.81. The lowest BCUT2D eigenvalue weighted by Crippen LogP contribution is -2.39. The van der Waals surface area contributed by atoms with Gasteiger partial charge in [0.1, 0.15) is 17.9 Å². The van der Waals surface area contributed by atoms with Crippen LogP contribution >= 0.6 is 0 Å². The fourth-order valence-electron chi connectivity index (χ4n) is 2.95. The van der Waals surface area contributed by atoms with Crippen molar-refractivity contribution in [3.63, 3.8) is 0 Å². The van der Waals surface area contributed by atoms with Gasteiger partial charge < -0.3 is 20.7 Å². The second-order valence-corrected chi connectivity index (χ2v) is 5.45. The summed E-state index contributed by atoms with van der Waals surface area (Å²) in [6.45, 7) is 3.64. The molecular weight excluding hydrogens is 274 g/mol. The lowest BCUT2D eigenvalue weighted by molar-refractivity contribution is -0.115. The number of rotatable bonds is 3. The molecule has 21 heavy (non-hydrogen) atoms. The number of aromatic nitrogens is 4. The molecule has 3 heterocycles. The normalized spacial score (nSPS) is 32.9. The van der Waals surface area contributed by atoms with E-state index < -0.39 is 17.9 Å². The summed E-state index contributed by atoms with van der Waals surface area (Å²) in [6.07, 6.45) is 2.04. The molecular formula is C13H19N5O3. The van der Waals surface area contributed by atoms with Crippen LogP contribution in [0.5, 0.6) is 0 Å². The van der Waals surface area contributed by atoms with Gasteiger partial charge in [-0.1, -0.05) is 13.8 Å². The van der Waals surface area contributed by atoms with E-state index >= 15 is 0 Å². The second kappa shape index (κ2) is 4.90. The first kappa shape index (κ1) is 14.2. The summed E-state index contributed by atoms with van der Waals surface area (Å²) in [6, 6.07) is 0. The van der Waals surface area contributed by atoms with Gasteiger partial charge in [-0.25, -0.2) is 15.0 Å². The first-order valence-electron chi connectivity index (χ1n) is 6.94. The predicted molar refractivity (Wildman–Crippen MR) is 75.1 cm³/mol. The molecule has 4 atom stereocenters. The third-order valence-electron chi connectivity index (χ3n) is 4.52. The number of aliphatic hydroxyl groups excluding tert-OH is 2. The quantitative estimate of drug-likeness (QED) is 0.732. The van der Waals surface area contributed by atoms with Gasteiger partial charge in [0.25, 0.3) is 0 Å². The number of hydrogen-bond acceptors (Lipinski definition) is 7. The molecule has 4 N–H and O–H groups in total. The van der Waals surface area contributed by atoms with Crippen molar-refractivity contribution in [2.75, 3.05) is 12.3 Å². The molecule has 0 saturated carbocycles. The Morgan fingerprint density at radius 3 is 2.81 bits per heavy atom. The molecule has 1 unspecified atom stereocenters. The van der Waals surface area contributed by atoms with Crippen molar-refractivity contribution in [3.05, 3.63) is 12.7 Å². The van der Waals surface area contributed by atoms with Crippen molar-refractivity contribution in [2.24, 2.45) is 5.92 Å². The highest BCUT2D eigenvalue weighted by atomic mass is 16.6. The predicted octanol–water partition coefficient (Wildman–Crippen LogP) is 0.0754. The number of anilines is 1. The van der Waals surface area contributed by atoms with E-state index in [0.717, 1.165) is 0 Å². The average molecular weight is 293 g/mol. The Kier molecular flexibility index (Phi) is 3.31. The van der Waals surface area contributed by atoms with Gasteiger partial charge in [0, 0.05) is 5.92 Å². The minimum Gasteiger partial charge on any atom is -0.393 e. The van der Waals surface area contributed by atoms with Crippen molar-refractivity contribution < 1.29 is 14.9 Å². The maximum Gasteiger partial charge on any atom is 0.167 e. The highest BCUT2D eigenvalue weighted by Crippen LogP contribution is 2.43. The Balaban J connectivity index is 2.06. The van der Waals surface area contributed by atoms with E-state index in [4.69, 9.17) is 10.5 Å². The van der Waals surface area contributed by atoms with E-state index in [-0.39, 0.29) is 18.3 Å². The van der Waals surface area contributed by atoms with Crippen LogP contribution in [0.25, 0.3) is 11.2 Å². The number of nitrogens with two attached hydrogens (primary N) is 1. The van der Waals surface area contributed by atoms with Gasteiger partial charge in [0.05, 0.1) is 18.5 Å². The molecule has 0 amide bonds.